The Morgan fingerprint density at radius 1 is 1.23 bits per heavy atom. The van der Waals surface area contributed by atoms with Crippen molar-refractivity contribution in [3.63, 3.8) is 0 Å². The highest BCUT2D eigenvalue weighted by Crippen LogP contribution is 2.38. The molecule has 3 N–H and O–H groups in total. The zero-order valence-corrected chi connectivity index (χ0v) is 17.8. The molecule has 10 heteroatoms. The number of anilines is 1. The Kier molecular flexibility index (Phi) is 5.77. The van der Waals surface area contributed by atoms with Crippen molar-refractivity contribution in [2.75, 3.05) is 11.9 Å². The number of hydrogen-bond acceptors (Lipinski definition) is 7. The van der Waals surface area contributed by atoms with Crippen LogP contribution in [-0.4, -0.2) is 32.7 Å². The third-order valence-electron chi connectivity index (χ3n) is 4.90. The van der Waals surface area contributed by atoms with Crippen molar-refractivity contribution in [3.8, 4) is 11.5 Å². The van der Waals surface area contributed by atoms with Crippen molar-refractivity contribution in [1.82, 2.24) is 20.2 Å². The smallest absolute Gasteiger partial charge is 0.248 e. The van der Waals surface area contributed by atoms with E-state index in [2.05, 4.69) is 20.8 Å². The fourth-order valence-electron chi connectivity index (χ4n) is 3.49. The first-order chi connectivity index (χ1) is 15.0. The minimum Gasteiger partial charge on any atom is -0.490 e. The molecule has 0 bridgehead atoms. The van der Waals surface area contributed by atoms with E-state index in [0.29, 0.717) is 40.3 Å². The molecule has 0 saturated heterocycles. The number of nitrogens with two attached hydrogens (primary N) is 1. The summed E-state index contributed by atoms with van der Waals surface area (Å²) in [5.41, 5.74) is 8.23. The van der Waals surface area contributed by atoms with Gasteiger partial charge in [-0.25, -0.2) is 0 Å². The Morgan fingerprint density at radius 2 is 2.03 bits per heavy atom. The fourth-order valence-corrected chi connectivity index (χ4v) is 3.68. The first-order valence-corrected chi connectivity index (χ1v) is 10.1. The monoisotopic (exact) mass is 440 g/mol. The predicted molar refractivity (Wildman–Crippen MR) is 115 cm³/mol. The van der Waals surface area contributed by atoms with Crippen LogP contribution < -0.4 is 20.5 Å². The van der Waals surface area contributed by atoms with E-state index in [0.717, 1.165) is 11.1 Å². The molecule has 0 fully saturated rings. The van der Waals surface area contributed by atoms with Crippen LogP contribution >= 0.6 is 11.6 Å². The Bertz CT molecular complexity index is 1160. The van der Waals surface area contributed by atoms with Crippen LogP contribution in [0, 0.1) is 0 Å². The standard InChI is InChI=1S/C21H21ClN6O3/c1-3-30-17-10-13(8-9-16(17)31-11-14-6-4-5-7-15(14)22)19-18(20(23)29)12(2)24-21-25-26-27-28(19)21/h4-10,19H,3,11H2,1-2H3,(H2,23,29)(H,24,25,27)/t19-/m1/s1. The van der Waals surface area contributed by atoms with Crippen molar-refractivity contribution < 1.29 is 14.3 Å². The highest BCUT2D eigenvalue weighted by atomic mass is 35.5. The van der Waals surface area contributed by atoms with Crippen LogP contribution in [0.5, 0.6) is 11.5 Å². The zero-order chi connectivity index (χ0) is 22.0. The van der Waals surface area contributed by atoms with E-state index in [9.17, 15) is 4.79 Å². The summed E-state index contributed by atoms with van der Waals surface area (Å²) in [6.07, 6.45) is 0. The number of benzene rings is 2. The number of aromatic nitrogens is 4. The van der Waals surface area contributed by atoms with Gasteiger partial charge in [-0.1, -0.05) is 41.0 Å². The number of nitrogens with zero attached hydrogens (tertiary/aromatic N) is 4. The number of rotatable bonds is 7. The van der Waals surface area contributed by atoms with Gasteiger partial charge >= 0.3 is 0 Å². The Morgan fingerprint density at radius 3 is 2.77 bits per heavy atom. The quantitative estimate of drug-likeness (QED) is 0.579. The molecule has 160 valence electrons. The van der Waals surface area contributed by atoms with Crippen molar-refractivity contribution in [2.45, 2.75) is 26.5 Å². The number of allylic oxidation sites excluding steroid dienone is 1. The Labute approximate surface area is 183 Å². The number of halogens is 1. The van der Waals surface area contributed by atoms with E-state index in [4.69, 9.17) is 26.8 Å². The van der Waals surface area contributed by atoms with E-state index >= 15 is 0 Å². The number of primary amides is 1. The molecular weight excluding hydrogens is 420 g/mol. The summed E-state index contributed by atoms with van der Waals surface area (Å²) in [6, 6.07) is 12.3. The topological polar surface area (TPSA) is 117 Å². The van der Waals surface area contributed by atoms with Gasteiger partial charge in [-0.05, 0) is 48.0 Å². The van der Waals surface area contributed by atoms with Gasteiger partial charge in [0.1, 0.15) is 12.6 Å². The van der Waals surface area contributed by atoms with Gasteiger partial charge in [0.25, 0.3) is 0 Å². The van der Waals surface area contributed by atoms with E-state index in [1.54, 1.807) is 13.0 Å². The van der Waals surface area contributed by atoms with Gasteiger partial charge in [0.2, 0.25) is 11.9 Å². The molecule has 9 nitrogen and oxygen atoms in total. The number of carbonyl (C=O) groups is 1. The summed E-state index contributed by atoms with van der Waals surface area (Å²) in [5.74, 6) is 0.942. The number of amides is 1. The molecule has 0 unspecified atom stereocenters. The Balaban J connectivity index is 1.70. The summed E-state index contributed by atoms with van der Waals surface area (Å²) < 4.78 is 13.3. The second-order valence-corrected chi connectivity index (χ2v) is 7.30. The van der Waals surface area contributed by atoms with Crippen LogP contribution in [-0.2, 0) is 11.4 Å². The van der Waals surface area contributed by atoms with Gasteiger partial charge in [0.05, 0.1) is 12.2 Å². The van der Waals surface area contributed by atoms with Crippen LogP contribution in [0.15, 0.2) is 53.7 Å². The fraction of sp³-hybridized carbons (Fsp3) is 0.238. The van der Waals surface area contributed by atoms with Gasteiger partial charge in [-0.2, -0.15) is 4.68 Å². The number of fused-ring (bicyclic) bond motifs is 1. The maximum absolute atomic E-state index is 12.2. The van der Waals surface area contributed by atoms with E-state index in [1.807, 2.05) is 43.3 Å². The summed E-state index contributed by atoms with van der Waals surface area (Å²) in [6.45, 7) is 4.37. The van der Waals surface area contributed by atoms with Crippen molar-refractivity contribution in [1.29, 1.82) is 0 Å². The van der Waals surface area contributed by atoms with Gasteiger partial charge in [0, 0.05) is 16.3 Å². The molecule has 3 aromatic rings. The molecule has 1 aromatic heterocycles. The highest BCUT2D eigenvalue weighted by Gasteiger charge is 2.33. The van der Waals surface area contributed by atoms with Gasteiger partial charge in [0.15, 0.2) is 11.5 Å². The average Bonchev–Trinajstić information content (AvgIpc) is 3.21. The lowest BCUT2D eigenvalue weighted by molar-refractivity contribution is -0.115. The molecule has 2 heterocycles. The molecular formula is C21H21ClN6O3. The molecule has 31 heavy (non-hydrogen) atoms. The SMILES string of the molecule is CCOc1cc([C@@H]2C(C(N)=O)=C(C)Nc3nnnn32)ccc1OCc1ccccc1Cl. The first-order valence-electron chi connectivity index (χ1n) is 9.68. The molecule has 0 aliphatic carbocycles. The second-order valence-electron chi connectivity index (χ2n) is 6.90. The highest BCUT2D eigenvalue weighted by molar-refractivity contribution is 6.31. The van der Waals surface area contributed by atoms with Crippen molar-refractivity contribution in [2.24, 2.45) is 5.73 Å². The lowest BCUT2D eigenvalue weighted by Gasteiger charge is -2.27. The summed E-state index contributed by atoms with van der Waals surface area (Å²) in [4.78, 5) is 12.2. The van der Waals surface area contributed by atoms with Crippen LogP contribution in [0.3, 0.4) is 0 Å². The van der Waals surface area contributed by atoms with Crippen LogP contribution in [0.25, 0.3) is 0 Å². The molecule has 0 spiro atoms. The molecule has 1 aliphatic heterocycles. The van der Waals surface area contributed by atoms with Crippen LogP contribution in [0.4, 0.5) is 5.95 Å². The normalized spacial score (nSPS) is 15.3. The van der Waals surface area contributed by atoms with Crippen LogP contribution in [0.1, 0.15) is 31.0 Å². The minimum absolute atomic E-state index is 0.287. The van der Waals surface area contributed by atoms with E-state index < -0.39 is 11.9 Å². The molecule has 0 radical (unpaired) electrons. The lowest BCUT2D eigenvalue weighted by Crippen LogP contribution is -2.31. The zero-order valence-electron chi connectivity index (χ0n) is 17.0. The number of hydrogen-bond donors (Lipinski definition) is 2. The number of ether oxygens (including phenoxy) is 2. The summed E-state index contributed by atoms with van der Waals surface area (Å²) >= 11 is 6.23. The first kappa shape index (κ1) is 20.7. The maximum atomic E-state index is 12.2. The van der Waals surface area contributed by atoms with Crippen molar-refractivity contribution >= 4 is 23.5 Å². The molecule has 4 rings (SSSR count). The third kappa shape index (κ3) is 4.04. The van der Waals surface area contributed by atoms with E-state index in [1.165, 1.54) is 4.68 Å². The van der Waals surface area contributed by atoms with E-state index in [-0.39, 0.29) is 6.61 Å². The van der Waals surface area contributed by atoms with Crippen molar-refractivity contribution in [3.05, 3.63) is 69.9 Å². The number of tetrazole rings is 1. The van der Waals surface area contributed by atoms with Gasteiger partial charge < -0.3 is 20.5 Å². The summed E-state index contributed by atoms with van der Waals surface area (Å²) in [7, 11) is 0. The number of nitrogens with one attached hydrogen (secondary N) is 1. The minimum atomic E-state index is -0.597. The largest absolute Gasteiger partial charge is 0.490 e. The summed E-state index contributed by atoms with van der Waals surface area (Å²) in [5, 5.41) is 15.3. The molecule has 1 aliphatic rings. The molecule has 0 saturated carbocycles. The molecule has 2 aromatic carbocycles. The average molecular weight is 441 g/mol. The number of carbonyl (C=O) groups excluding carboxylic acids is 1. The lowest BCUT2D eigenvalue weighted by atomic mass is 9.95. The third-order valence-corrected chi connectivity index (χ3v) is 5.27. The Hall–Kier alpha value is -3.59. The van der Waals surface area contributed by atoms with Gasteiger partial charge in [-0.3, -0.25) is 4.79 Å². The molecule has 1 amide bonds. The molecule has 1 atom stereocenters. The predicted octanol–water partition coefficient (Wildman–Crippen LogP) is 3.08. The second kappa shape index (κ2) is 8.65. The van der Waals surface area contributed by atoms with Gasteiger partial charge in [-0.15, -0.1) is 0 Å². The van der Waals surface area contributed by atoms with Crippen LogP contribution in [0.2, 0.25) is 5.02 Å². The maximum Gasteiger partial charge on any atom is 0.248 e.